The minimum absolute atomic E-state index is 0.140. The zero-order valence-electron chi connectivity index (χ0n) is 14.7. The van der Waals surface area contributed by atoms with Gasteiger partial charge in [0.1, 0.15) is 5.82 Å². The molecular weight excluding hydrogens is 302 g/mol. The number of carbonyl (C=O) groups excluding carboxylic acids is 1. The molecule has 3 rings (SSSR count). The molecule has 1 aromatic heterocycles. The van der Waals surface area contributed by atoms with Gasteiger partial charge in [0.15, 0.2) is 0 Å². The first-order chi connectivity index (χ1) is 11.4. The predicted octanol–water partition coefficient (Wildman–Crippen LogP) is 3.29. The Bertz CT molecular complexity index is 703. The molecule has 1 amide bonds. The van der Waals surface area contributed by atoms with Crippen LogP contribution in [0.2, 0.25) is 0 Å². The number of nitrogens with zero attached hydrogens (tertiary/aromatic N) is 2. The van der Waals surface area contributed by atoms with Crippen molar-refractivity contribution in [3.8, 4) is 5.88 Å². The topological polar surface area (TPSA) is 68.5 Å². The number of nitrogens with two attached hydrogens (primary N) is 1. The predicted molar refractivity (Wildman–Crippen MR) is 97.1 cm³/mol. The molecule has 1 aromatic carbocycles. The average molecular weight is 327 g/mol. The molecule has 5 nitrogen and oxygen atoms in total. The first-order valence-electron chi connectivity index (χ1n) is 8.08. The Morgan fingerprint density at radius 2 is 1.92 bits per heavy atom. The third-order valence-corrected chi connectivity index (χ3v) is 4.32. The summed E-state index contributed by atoms with van der Waals surface area (Å²) in [5.41, 5.74) is 7.73. The molecule has 0 aliphatic carbocycles. The molecule has 2 heterocycles. The highest BCUT2D eigenvalue weighted by atomic mass is 16.5. The van der Waals surface area contributed by atoms with Gasteiger partial charge in [0.05, 0.1) is 7.11 Å². The van der Waals surface area contributed by atoms with Crippen LogP contribution in [0.15, 0.2) is 42.5 Å². The van der Waals surface area contributed by atoms with Gasteiger partial charge >= 0.3 is 0 Å². The molecule has 1 aliphatic heterocycles. The van der Waals surface area contributed by atoms with Gasteiger partial charge in [0, 0.05) is 24.7 Å². The van der Waals surface area contributed by atoms with E-state index in [1.54, 1.807) is 32.2 Å². The smallest absolute Gasteiger partial charge is 0.224 e. The molecule has 2 aromatic rings. The molecule has 2 N–H and O–H groups in total. The molecule has 128 valence electrons. The van der Waals surface area contributed by atoms with Crippen molar-refractivity contribution < 1.29 is 9.53 Å². The van der Waals surface area contributed by atoms with Crippen molar-refractivity contribution in [1.29, 1.82) is 0 Å². The fourth-order valence-corrected chi connectivity index (χ4v) is 2.91. The number of amides is 1. The van der Waals surface area contributed by atoms with E-state index in [4.69, 9.17) is 10.5 Å². The standard InChI is InChI=1S/C13H17NO.C6H8N2O/c1-9-8-12-6-4-5-7-13(12)14(10(9)2)11(3)15;1-9-6-4-2-3-5(7)8-6/h4-7,9-10H,8H2,1-3H3;2-4H,1H3,(H2,7,8)/t9-,10+;/m1./s1. The Morgan fingerprint density at radius 3 is 2.50 bits per heavy atom. The second-order valence-corrected chi connectivity index (χ2v) is 6.04. The van der Waals surface area contributed by atoms with E-state index in [0.717, 1.165) is 12.1 Å². The molecule has 0 radical (unpaired) electrons. The molecule has 0 fully saturated rings. The van der Waals surface area contributed by atoms with Crippen LogP contribution in [-0.2, 0) is 11.2 Å². The van der Waals surface area contributed by atoms with Gasteiger partial charge in [-0.15, -0.1) is 0 Å². The maximum atomic E-state index is 11.6. The van der Waals surface area contributed by atoms with Crippen molar-refractivity contribution in [2.24, 2.45) is 5.92 Å². The Balaban J connectivity index is 0.000000198. The Kier molecular flexibility index (Phi) is 5.79. The Hall–Kier alpha value is -2.56. The van der Waals surface area contributed by atoms with Crippen LogP contribution in [0, 0.1) is 5.92 Å². The highest BCUT2D eigenvalue weighted by Crippen LogP contribution is 2.33. The van der Waals surface area contributed by atoms with Gasteiger partial charge in [-0.25, -0.2) is 0 Å². The summed E-state index contributed by atoms with van der Waals surface area (Å²) in [7, 11) is 1.56. The molecule has 0 bridgehead atoms. The van der Waals surface area contributed by atoms with E-state index >= 15 is 0 Å². The summed E-state index contributed by atoms with van der Waals surface area (Å²) in [5.74, 6) is 1.70. The summed E-state index contributed by atoms with van der Waals surface area (Å²) in [4.78, 5) is 17.4. The van der Waals surface area contributed by atoms with E-state index in [-0.39, 0.29) is 5.91 Å². The van der Waals surface area contributed by atoms with Crippen molar-refractivity contribution in [2.75, 3.05) is 17.7 Å². The molecular formula is C19H25N3O2. The number of pyridine rings is 1. The van der Waals surface area contributed by atoms with Crippen LogP contribution in [0.5, 0.6) is 5.88 Å². The Morgan fingerprint density at radius 1 is 1.21 bits per heavy atom. The van der Waals surface area contributed by atoms with E-state index in [1.807, 2.05) is 23.1 Å². The van der Waals surface area contributed by atoms with Crippen molar-refractivity contribution in [2.45, 2.75) is 33.2 Å². The molecule has 0 unspecified atom stereocenters. The highest BCUT2D eigenvalue weighted by molar-refractivity contribution is 5.93. The molecule has 24 heavy (non-hydrogen) atoms. The minimum atomic E-state index is 0.140. The maximum absolute atomic E-state index is 11.6. The van der Waals surface area contributed by atoms with Gasteiger partial charge in [-0.1, -0.05) is 31.2 Å². The van der Waals surface area contributed by atoms with Crippen molar-refractivity contribution in [1.82, 2.24) is 4.98 Å². The molecule has 0 saturated carbocycles. The number of carbonyl (C=O) groups is 1. The van der Waals surface area contributed by atoms with Crippen LogP contribution in [0.25, 0.3) is 0 Å². The van der Waals surface area contributed by atoms with Crippen LogP contribution in [-0.4, -0.2) is 24.0 Å². The number of hydrogen-bond acceptors (Lipinski definition) is 4. The number of nitrogen functional groups attached to an aromatic ring is 1. The summed E-state index contributed by atoms with van der Waals surface area (Å²) >= 11 is 0. The zero-order valence-corrected chi connectivity index (χ0v) is 14.7. The van der Waals surface area contributed by atoms with E-state index < -0.39 is 0 Å². The van der Waals surface area contributed by atoms with Crippen LogP contribution in [0.4, 0.5) is 11.5 Å². The fourth-order valence-electron chi connectivity index (χ4n) is 2.91. The van der Waals surface area contributed by atoms with Gasteiger partial charge in [-0.3, -0.25) is 4.79 Å². The first kappa shape index (κ1) is 17.8. The lowest BCUT2D eigenvalue weighted by Gasteiger charge is -2.38. The van der Waals surface area contributed by atoms with E-state index in [0.29, 0.717) is 23.7 Å². The lowest BCUT2D eigenvalue weighted by molar-refractivity contribution is -0.117. The summed E-state index contributed by atoms with van der Waals surface area (Å²) in [6.45, 7) is 5.98. The number of rotatable bonds is 1. The van der Waals surface area contributed by atoms with Gasteiger partial charge in [0.2, 0.25) is 11.8 Å². The third-order valence-electron chi connectivity index (χ3n) is 4.32. The average Bonchev–Trinajstić information content (AvgIpc) is 2.56. The summed E-state index contributed by atoms with van der Waals surface area (Å²) in [5, 5.41) is 0. The molecule has 0 saturated heterocycles. The zero-order chi connectivity index (χ0) is 17.7. The number of fused-ring (bicyclic) bond motifs is 1. The number of hydrogen-bond donors (Lipinski definition) is 1. The number of para-hydroxylation sites is 1. The van der Waals surface area contributed by atoms with Crippen LogP contribution in [0.1, 0.15) is 26.3 Å². The second-order valence-electron chi connectivity index (χ2n) is 6.04. The molecule has 5 heteroatoms. The van der Waals surface area contributed by atoms with Crippen molar-refractivity contribution >= 4 is 17.4 Å². The lowest BCUT2D eigenvalue weighted by atomic mass is 9.88. The SMILES string of the molecule is CC(=O)N1c2ccccc2C[C@@H](C)[C@@H]1C.COc1cccc(N)n1. The number of anilines is 2. The van der Waals surface area contributed by atoms with Crippen molar-refractivity contribution in [3.63, 3.8) is 0 Å². The number of methoxy groups -OCH3 is 1. The summed E-state index contributed by atoms with van der Waals surface area (Å²) in [6.07, 6.45) is 1.07. The fraction of sp³-hybridized carbons (Fsp3) is 0.368. The van der Waals surface area contributed by atoms with Gasteiger partial charge < -0.3 is 15.4 Å². The molecule has 1 aliphatic rings. The van der Waals surface area contributed by atoms with E-state index in [1.165, 1.54) is 5.56 Å². The lowest BCUT2D eigenvalue weighted by Crippen LogP contribution is -2.45. The normalized spacial score (nSPS) is 18.9. The Labute approximate surface area is 143 Å². The molecule has 2 atom stereocenters. The second kappa shape index (κ2) is 7.81. The third kappa shape index (κ3) is 4.04. The minimum Gasteiger partial charge on any atom is -0.481 e. The van der Waals surface area contributed by atoms with Gasteiger partial charge in [-0.05, 0) is 37.0 Å². The van der Waals surface area contributed by atoms with Gasteiger partial charge in [0.25, 0.3) is 0 Å². The largest absolute Gasteiger partial charge is 0.481 e. The first-order valence-corrected chi connectivity index (χ1v) is 8.08. The van der Waals surface area contributed by atoms with Crippen LogP contribution < -0.4 is 15.4 Å². The summed E-state index contributed by atoms with van der Waals surface area (Å²) < 4.78 is 4.80. The van der Waals surface area contributed by atoms with Crippen LogP contribution >= 0.6 is 0 Å². The van der Waals surface area contributed by atoms with Crippen LogP contribution in [0.3, 0.4) is 0 Å². The highest BCUT2D eigenvalue weighted by Gasteiger charge is 2.30. The number of ether oxygens (including phenoxy) is 1. The van der Waals surface area contributed by atoms with Gasteiger partial charge in [-0.2, -0.15) is 4.98 Å². The number of benzene rings is 1. The summed E-state index contributed by atoms with van der Waals surface area (Å²) in [6, 6.07) is 13.8. The monoisotopic (exact) mass is 327 g/mol. The molecule has 0 spiro atoms. The van der Waals surface area contributed by atoms with E-state index in [2.05, 4.69) is 24.9 Å². The maximum Gasteiger partial charge on any atom is 0.224 e. The quantitative estimate of drug-likeness (QED) is 0.872. The van der Waals surface area contributed by atoms with Crippen molar-refractivity contribution in [3.05, 3.63) is 48.0 Å². The van der Waals surface area contributed by atoms with E-state index in [9.17, 15) is 4.79 Å². The number of aromatic nitrogens is 1.